The van der Waals surface area contributed by atoms with E-state index in [1.165, 1.54) is 5.56 Å². The summed E-state index contributed by atoms with van der Waals surface area (Å²) in [5, 5.41) is 10.1. The third-order valence-corrected chi connectivity index (χ3v) is 5.06. The van der Waals surface area contributed by atoms with Crippen molar-refractivity contribution in [3.63, 3.8) is 0 Å². The van der Waals surface area contributed by atoms with Crippen LogP contribution in [0.25, 0.3) is 33.4 Å². The van der Waals surface area contributed by atoms with E-state index in [1.807, 2.05) is 36.4 Å². The molecule has 28 heavy (non-hydrogen) atoms. The molecule has 0 saturated carbocycles. The van der Waals surface area contributed by atoms with Crippen LogP contribution < -0.4 is 4.74 Å². The highest BCUT2D eigenvalue weighted by atomic mass is 16.5. The number of methoxy groups -OCH3 is 1. The van der Waals surface area contributed by atoms with Gasteiger partial charge in [-0.1, -0.05) is 60.7 Å². The highest BCUT2D eigenvalue weighted by molar-refractivity contribution is 5.98. The highest BCUT2D eigenvalue weighted by Crippen LogP contribution is 2.37. The molecule has 3 aromatic rings. The lowest BCUT2D eigenvalue weighted by molar-refractivity contribution is 0.415. The molecular weight excluding hydrogens is 346 g/mol. The first-order valence-corrected chi connectivity index (χ1v) is 9.26. The summed E-state index contributed by atoms with van der Waals surface area (Å²) in [6.45, 7) is 0.777. The zero-order valence-corrected chi connectivity index (χ0v) is 15.5. The van der Waals surface area contributed by atoms with Crippen molar-refractivity contribution in [2.45, 2.75) is 6.54 Å². The van der Waals surface area contributed by atoms with Gasteiger partial charge in [-0.15, -0.1) is 10.2 Å². The van der Waals surface area contributed by atoms with E-state index in [0.717, 1.165) is 45.7 Å². The lowest BCUT2D eigenvalue weighted by Gasteiger charge is -2.16. The van der Waals surface area contributed by atoms with Gasteiger partial charge in [-0.2, -0.15) is 0 Å². The van der Waals surface area contributed by atoms with Crippen LogP contribution in [0.5, 0.6) is 5.75 Å². The fourth-order valence-electron chi connectivity index (χ4n) is 3.67. The second-order valence-electron chi connectivity index (χ2n) is 6.80. The first kappa shape index (κ1) is 16.5. The number of aromatic nitrogens is 3. The van der Waals surface area contributed by atoms with E-state index in [2.05, 4.69) is 63.4 Å². The fraction of sp³-hybridized carbons (Fsp3) is 0.0833. The van der Waals surface area contributed by atoms with Gasteiger partial charge in [-0.05, 0) is 23.8 Å². The maximum atomic E-state index is 5.46. The summed E-state index contributed by atoms with van der Waals surface area (Å²) in [4.78, 5) is 0. The molecule has 2 aliphatic rings. The first-order chi connectivity index (χ1) is 13.8. The number of hydrogen-bond acceptors (Lipinski definition) is 3. The van der Waals surface area contributed by atoms with E-state index in [0.29, 0.717) is 0 Å². The zero-order chi connectivity index (χ0) is 18.9. The molecule has 0 radical (unpaired) electrons. The van der Waals surface area contributed by atoms with Crippen molar-refractivity contribution in [2.75, 3.05) is 7.11 Å². The maximum Gasteiger partial charge on any atom is 0.119 e. The summed E-state index contributed by atoms with van der Waals surface area (Å²) >= 11 is 0. The van der Waals surface area contributed by atoms with E-state index in [4.69, 9.17) is 4.74 Å². The van der Waals surface area contributed by atoms with Crippen molar-refractivity contribution in [1.29, 1.82) is 0 Å². The Balaban J connectivity index is 1.76. The van der Waals surface area contributed by atoms with Crippen LogP contribution in [0, 0.1) is 0 Å². The van der Waals surface area contributed by atoms with E-state index in [-0.39, 0.29) is 0 Å². The minimum absolute atomic E-state index is 0.777. The zero-order valence-electron chi connectivity index (χ0n) is 15.5. The predicted octanol–water partition coefficient (Wildman–Crippen LogP) is 5.26. The number of rotatable bonds is 4. The topological polar surface area (TPSA) is 39.9 Å². The second kappa shape index (κ2) is 6.82. The fourth-order valence-corrected chi connectivity index (χ4v) is 3.67. The molecule has 0 aromatic heterocycles. The summed E-state index contributed by atoms with van der Waals surface area (Å²) in [6, 6.07) is 26.8. The van der Waals surface area contributed by atoms with Crippen molar-refractivity contribution in [3.8, 4) is 28.3 Å². The molecule has 0 atom stereocenters. The molecule has 0 aliphatic carbocycles. The normalized spacial score (nSPS) is 11.2. The van der Waals surface area contributed by atoms with Gasteiger partial charge in [0.2, 0.25) is 0 Å². The smallest absolute Gasteiger partial charge is 0.119 e. The molecule has 0 amide bonds. The molecule has 4 heteroatoms. The molecule has 0 spiro atoms. The SMILES string of the molecule is COc1ccc2c(c1)c1nnc(-c3ccccc3)c-1cn2Cc1ccccc1. The van der Waals surface area contributed by atoms with Crippen molar-refractivity contribution < 1.29 is 4.74 Å². The van der Waals surface area contributed by atoms with Crippen LogP contribution in [-0.2, 0) is 6.54 Å². The van der Waals surface area contributed by atoms with Crippen LogP contribution in [0.4, 0.5) is 0 Å². The molecule has 5 rings (SSSR count). The maximum absolute atomic E-state index is 5.46. The Bertz CT molecular complexity index is 1210. The average molecular weight is 365 g/mol. The Hall–Kier alpha value is -3.66. The van der Waals surface area contributed by atoms with Gasteiger partial charge in [-0.25, -0.2) is 0 Å². The molecule has 136 valence electrons. The summed E-state index contributed by atoms with van der Waals surface area (Å²) in [7, 11) is 1.69. The molecule has 4 nitrogen and oxygen atoms in total. The third-order valence-electron chi connectivity index (χ3n) is 5.06. The van der Waals surface area contributed by atoms with Crippen LogP contribution in [0.2, 0.25) is 0 Å². The Labute approximate surface area is 163 Å². The van der Waals surface area contributed by atoms with Crippen LogP contribution in [-0.4, -0.2) is 21.9 Å². The first-order valence-electron chi connectivity index (χ1n) is 9.26. The Kier molecular flexibility index (Phi) is 4.02. The molecular formula is C24H19N3O. The van der Waals surface area contributed by atoms with Gasteiger partial charge in [0.1, 0.15) is 17.1 Å². The summed E-state index contributed by atoms with van der Waals surface area (Å²) in [5.41, 5.74) is 6.27. The lowest BCUT2D eigenvalue weighted by Crippen LogP contribution is -2.04. The van der Waals surface area contributed by atoms with Crippen molar-refractivity contribution in [2.24, 2.45) is 0 Å². The van der Waals surface area contributed by atoms with E-state index < -0.39 is 0 Å². The molecule has 2 heterocycles. The number of ether oxygens (including phenoxy) is 1. The number of nitrogens with zero attached hydrogens (tertiary/aromatic N) is 3. The van der Waals surface area contributed by atoms with Crippen LogP contribution in [0.3, 0.4) is 0 Å². The Morgan fingerprint density at radius 2 is 1.54 bits per heavy atom. The Morgan fingerprint density at radius 3 is 2.29 bits per heavy atom. The van der Waals surface area contributed by atoms with Gasteiger partial charge in [0.25, 0.3) is 0 Å². The van der Waals surface area contributed by atoms with Gasteiger partial charge >= 0.3 is 0 Å². The molecule has 0 bridgehead atoms. The quantitative estimate of drug-likeness (QED) is 0.436. The minimum atomic E-state index is 0.777. The average Bonchev–Trinajstić information content (AvgIpc) is 3.19. The molecule has 0 N–H and O–H groups in total. The van der Waals surface area contributed by atoms with Gasteiger partial charge in [0.15, 0.2) is 0 Å². The molecule has 3 aromatic carbocycles. The van der Waals surface area contributed by atoms with E-state index in [1.54, 1.807) is 7.11 Å². The summed E-state index contributed by atoms with van der Waals surface area (Å²) in [5.74, 6) is 0.815. The van der Waals surface area contributed by atoms with Gasteiger partial charge < -0.3 is 9.30 Å². The monoisotopic (exact) mass is 365 g/mol. The molecule has 0 fully saturated rings. The minimum Gasteiger partial charge on any atom is -0.497 e. The largest absolute Gasteiger partial charge is 0.497 e. The van der Waals surface area contributed by atoms with Crippen molar-refractivity contribution in [3.05, 3.63) is 90.6 Å². The van der Waals surface area contributed by atoms with Crippen molar-refractivity contribution >= 4 is 10.9 Å². The van der Waals surface area contributed by atoms with Crippen LogP contribution in [0.1, 0.15) is 5.56 Å². The number of pyridine rings is 1. The molecule has 2 aliphatic heterocycles. The van der Waals surface area contributed by atoms with Crippen LogP contribution >= 0.6 is 0 Å². The van der Waals surface area contributed by atoms with Crippen molar-refractivity contribution in [1.82, 2.24) is 14.8 Å². The predicted molar refractivity (Wildman–Crippen MR) is 112 cm³/mol. The van der Waals surface area contributed by atoms with E-state index in [9.17, 15) is 0 Å². The molecule has 0 saturated heterocycles. The highest BCUT2D eigenvalue weighted by Gasteiger charge is 2.20. The van der Waals surface area contributed by atoms with Crippen LogP contribution in [0.15, 0.2) is 85.1 Å². The standard InChI is InChI=1S/C24H19N3O/c1-28-19-12-13-22-20(14-19)24-21(16-27(22)15-17-8-4-2-5-9-17)23(25-26-24)18-10-6-3-7-11-18/h2-14,16H,15H2,1H3. The number of hydrogen-bond donors (Lipinski definition) is 0. The lowest BCUT2D eigenvalue weighted by atomic mass is 10.0. The van der Waals surface area contributed by atoms with Gasteiger partial charge in [0, 0.05) is 29.3 Å². The van der Waals surface area contributed by atoms with E-state index >= 15 is 0 Å². The van der Waals surface area contributed by atoms with Gasteiger partial charge in [0.05, 0.1) is 12.6 Å². The second-order valence-corrected chi connectivity index (χ2v) is 6.80. The molecule has 0 unspecified atom stereocenters. The third kappa shape index (κ3) is 2.79. The summed E-state index contributed by atoms with van der Waals surface area (Å²) < 4.78 is 7.73. The van der Waals surface area contributed by atoms with Gasteiger partial charge in [-0.3, -0.25) is 0 Å². The summed E-state index contributed by atoms with van der Waals surface area (Å²) in [6.07, 6.45) is 2.17. The number of fused-ring (bicyclic) bond motifs is 3. The Morgan fingerprint density at radius 1 is 0.821 bits per heavy atom. The number of benzene rings is 3.